The molecule has 0 aromatic heterocycles. The number of nitrogens with zero attached hydrogens (tertiary/aromatic N) is 1. The molecule has 3 heteroatoms. The highest BCUT2D eigenvalue weighted by molar-refractivity contribution is 6.30. The van der Waals surface area contributed by atoms with E-state index in [-0.39, 0.29) is 0 Å². The molecule has 0 aliphatic carbocycles. The lowest BCUT2D eigenvalue weighted by atomic mass is 9.97. The Morgan fingerprint density at radius 3 is 2.61 bits per heavy atom. The molecule has 0 saturated carbocycles. The van der Waals surface area contributed by atoms with E-state index in [1.807, 2.05) is 12.1 Å². The largest absolute Gasteiger partial charge is 0.307 e. The van der Waals surface area contributed by atoms with E-state index in [0.29, 0.717) is 18.1 Å². The number of hydrogen-bond acceptors (Lipinski definition) is 2. The van der Waals surface area contributed by atoms with Gasteiger partial charge in [0.2, 0.25) is 0 Å². The summed E-state index contributed by atoms with van der Waals surface area (Å²) in [4.78, 5) is 2.44. The quantitative estimate of drug-likeness (QED) is 0.901. The Hall–Kier alpha value is -0.570. The summed E-state index contributed by atoms with van der Waals surface area (Å²) in [6.45, 7) is 5.72. The monoisotopic (exact) mass is 266 g/mol. The van der Waals surface area contributed by atoms with Gasteiger partial charge in [0.1, 0.15) is 0 Å². The van der Waals surface area contributed by atoms with Crippen LogP contribution < -0.4 is 5.32 Å². The van der Waals surface area contributed by atoms with Crippen molar-refractivity contribution in [1.82, 2.24) is 10.2 Å². The highest BCUT2D eigenvalue weighted by atomic mass is 35.5. The number of nitrogens with one attached hydrogen (secondary N) is 1. The topological polar surface area (TPSA) is 15.3 Å². The second kappa shape index (κ2) is 6.05. The van der Waals surface area contributed by atoms with Gasteiger partial charge in [0.05, 0.1) is 0 Å². The van der Waals surface area contributed by atoms with E-state index < -0.39 is 0 Å². The Kier molecular flexibility index (Phi) is 4.66. The van der Waals surface area contributed by atoms with Crippen LogP contribution in [0.15, 0.2) is 24.3 Å². The van der Waals surface area contributed by atoms with Gasteiger partial charge in [-0.3, -0.25) is 0 Å². The zero-order chi connectivity index (χ0) is 13.1. The molecule has 1 fully saturated rings. The smallest absolute Gasteiger partial charge is 0.0406 e. The zero-order valence-corrected chi connectivity index (χ0v) is 12.2. The molecular weight excluding hydrogens is 244 g/mol. The summed E-state index contributed by atoms with van der Waals surface area (Å²) in [6.07, 6.45) is 2.47. The average Bonchev–Trinajstić information content (AvgIpc) is 2.34. The standard InChI is InChI=1S/C15H23ClN2/c1-11-10-15(8-9-18(11)3)17-12(2)13-4-6-14(16)7-5-13/h4-7,11-12,15,17H,8-10H2,1-3H3/t11?,12-,15?/m0/s1. The Morgan fingerprint density at radius 2 is 2.00 bits per heavy atom. The third kappa shape index (κ3) is 3.47. The predicted molar refractivity (Wildman–Crippen MR) is 78.1 cm³/mol. The van der Waals surface area contributed by atoms with Crippen molar-refractivity contribution in [2.75, 3.05) is 13.6 Å². The molecule has 0 spiro atoms. The lowest BCUT2D eigenvalue weighted by Gasteiger charge is -2.36. The molecule has 1 aliphatic heterocycles. The molecule has 100 valence electrons. The van der Waals surface area contributed by atoms with Crippen molar-refractivity contribution in [3.8, 4) is 0 Å². The first-order valence-electron chi connectivity index (χ1n) is 6.78. The maximum atomic E-state index is 5.92. The summed E-state index contributed by atoms with van der Waals surface area (Å²) >= 11 is 5.92. The van der Waals surface area contributed by atoms with Crippen LogP contribution in [0.4, 0.5) is 0 Å². The number of benzene rings is 1. The van der Waals surface area contributed by atoms with E-state index in [0.717, 1.165) is 5.02 Å². The van der Waals surface area contributed by atoms with Gasteiger partial charge < -0.3 is 10.2 Å². The van der Waals surface area contributed by atoms with E-state index in [4.69, 9.17) is 11.6 Å². The minimum absolute atomic E-state index is 0.392. The van der Waals surface area contributed by atoms with Crippen LogP contribution in [-0.2, 0) is 0 Å². The normalized spacial score (nSPS) is 27.1. The van der Waals surface area contributed by atoms with Gasteiger partial charge in [0, 0.05) is 23.1 Å². The number of likely N-dealkylation sites (tertiary alicyclic amines) is 1. The number of halogens is 1. The Morgan fingerprint density at radius 1 is 1.33 bits per heavy atom. The molecule has 1 N–H and O–H groups in total. The summed E-state index contributed by atoms with van der Waals surface area (Å²) in [5.74, 6) is 0. The molecular formula is C15H23ClN2. The molecule has 1 aliphatic rings. The molecule has 0 bridgehead atoms. The second-order valence-corrected chi connectivity index (χ2v) is 5.93. The van der Waals surface area contributed by atoms with E-state index in [1.165, 1.54) is 24.9 Å². The molecule has 0 radical (unpaired) electrons. The fourth-order valence-corrected chi connectivity index (χ4v) is 2.77. The van der Waals surface area contributed by atoms with Gasteiger partial charge in [-0.2, -0.15) is 0 Å². The van der Waals surface area contributed by atoms with Gasteiger partial charge in [0.15, 0.2) is 0 Å². The van der Waals surface area contributed by atoms with Crippen molar-refractivity contribution in [2.24, 2.45) is 0 Å². The SMILES string of the molecule is CC1CC(N[C@@H](C)c2ccc(Cl)cc2)CCN1C. The fourth-order valence-electron chi connectivity index (χ4n) is 2.64. The molecule has 1 aromatic rings. The molecule has 1 aromatic carbocycles. The van der Waals surface area contributed by atoms with Crippen LogP contribution in [0.5, 0.6) is 0 Å². The number of rotatable bonds is 3. The van der Waals surface area contributed by atoms with Crippen molar-refractivity contribution in [2.45, 2.75) is 44.8 Å². The maximum Gasteiger partial charge on any atom is 0.0406 e. The highest BCUT2D eigenvalue weighted by Gasteiger charge is 2.23. The molecule has 3 atom stereocenters. The highest BCUT2D eigenvalue weighted by Crippen LogP contribution is 2.21. The van der Waals surface area contributed by atoms with E-state index in [2.05, 4.69) is 43.2 Å². The van der Waals surface area contributed by atoms with Crippen molar-refractivity contribution in [3.05, 3.63) is 34.9 Å². The molecule has 0 amide bonds. The molecule has 2 unspecified atom stereocenters. The predicted octanol–water partition coefficient (Wildman–Crippen LogP) is 3.47. The van der Waals surface area contributed by atoms with Gasteiger partial charge in [0.25, 0.3) is 0 Å². The molecule has 1 saturated heterocycles. The van der Waals surface area contributed by atoms with E-state index >= 15 is 0 Å². The van der Waals surface area contributed by atoms with Crippen molar-refractivity contribution < 1.29 is 0 Å². The van der Waals surface area contributed by atoms with Crippen LogP contribution in [-0.4, -0.2) is 30.6 Å². The summed E-state index contributed by atoms with van der Waals surface area (Å²) < 4.78 is 0. The minimum Gasteiger partial charge on any atom is -0.307 e. The van der Waals surface area contributed by atoms with Crippen molar-refractivity contribution >= 4 is 11.6 Å². The van der Waals surface area contributed by atoms with Crippen LogP contribution in [0, 0.1) is 0 Å². The third-order valence-corrected chi connectivity index (χ3v) is 4.32. The molecule has 18 heavy (non-hydrogen) atoms. The van der Waals surface area contributed by atoms with E-state index in [9.17, 15) is 0 Å². The number of hydrogen-bond donors (Lipinski definition) is 1. The van der Waals surface area contributed by atoms with Crippen LogP contribution in [0.25, 0.3) is 0 Å². The summed E-state index contributed by atoms with van der Waals surface area (Å²) in [6, 6.07) is 9.84. The van der Waals surface area contributed by atoms with Crippen LogP contribution >= 0.6 is 11.6 Å². The summed E-state index contributed by atoms with van der Waals surface area (Å²) in [5, 5.41) is 4.54. The Balaban J connectivity index is 1.91. The fraction of sp³-hybridized carbons (Fsp3) is 0.600. The first kappa shape index (κ1) is 13.9. The Bertz CT molecular complexity index is 377. The molecule has 2 rings (SSSR count). The maximum absolute atomic E-state index is 5.92. The van der Waals surface area contributed by atoms with Gasteiger partial charge in [-0.15, -0.1) is 0 Å². The first-order chi connectivity index (χ1) is 8.56. The van der Waals surface area contributed by atoms with Gasteiger partial charge in [-0.1, -0.05) is 23.7 Å². The number of piperidine rings is 1. The second-order valence-electron chi connectivity index (χ2n) is 5.49. The third-order valence-electron chi connectivity index (χ3n) is 4.06. The summed E-state index contributed by atoms with van der Waals surface area (Å²) in [5.41, 5.74) is 1.31. The van der Waals surface area contributed by atoms with Crippen molar-refractivity contribution in [3.63, 3.8) is 0 Å². The average molecular weight is 267 g/mol. The zero-order valence-electron chi connectivity index (χ0n) is 11.5. The molecule has 1 heterocycles. The van der Waals surface area contributed by atoms with Crippen LogP contribution in [0.3, 0.4) is 0 Å². The van der Waals surface area contributed by atoms with Gasteiger partial charge in [-0.05, 0) is 58.0 Å². The lowest BCUT2D eigenvalue weighted by molar-refractivity contribution is 0.163. The van der Waals surface area contributed by atoms with Gasteiger partial charge >= 0.3 is 0 Å². The first-order valence-corrected chi connectivity index (χ1v) is 7.16. The van der Waals surface area contributed by atoms with Gasteiger partial charge in [-0.25, -0.2) is 0 Å². The van der Waals surface area contributed by atoms with Crippen LogP contribution in [0.1, 0.15) is 38.3 Å². The van der Waals surface area contributed by atoms with Crippen molar-refractivity contribution in [1.29, 1.82) is 0 Å². The minimum atomic E-state index is 0.392. The lowest BCUT2D eigenvalue weighted by Crippen LogP contribution is -2.46. The molecule has 2 nitrogen and oxygen atoms in total. The summed E-state index contributed by atoms with van der Waals surface area (Å²) in [7, 11) is 2.21. The Labute approximate surface area is 115 Å². The van der Waals surface area contributed by atoms with E-state index in [1.54, 1.807) is 0 Å². The van der Waals surface area contributed by atoms with Crippen LogP contribution in [0.2, 0.25) is 5.02 Å².